The van der Waals surface area contributed by atoms with E-state index < -0.39 is 21.1 Å². The molecular formula is C19H22N2O4S. The molecular weight excluding hydrogens is 352 g/mol. The Labute approximate surface area is 153 Å². The molecule has 0 aliphatic carbocycles. The Bertz CT molecular complexity index is 879. The van der Waals surface area contributed by atoms with Gasteiger partial charge in [0.2, 0.25) is 0 Å². The normalized spacial score (nSPS) is 18.3. The first-order valence-electron chi connectivity index (χ1n) is 8.54. The monoisotopic (exact) mass is 374 g/mol. The van der Waals surface area contributed by atoms with Crippen LogP contribution in [-0.2, 0) is 9.84 Å². The number of anilines is 1. The van der Waals surface area contributed by atoms with Crippen LogP contribution in [0.1, 0.15) is 18.4 Å². The summed E-state index contributed by atoms with van der Waals surface area (Å²) in [6.07, 6.45) is 1.25. The van der Waals surface area contributed by atoms with Gasteiger partial charge in [-0.05, 0) is 44.0 Å². The first-order chi connectivity index (χ1) is 12.4. The maximum absolute atomic E-state index is 12.2. The topological polar surface area (TPSA) is 84.5 Å². The number of hydrogen-bond donors (Lipinski definition) is 2. The number of carbonyl (C=O) groups excluding carboxylic acids is 1. The third-order valence-electron chi connectivity index (χ3n) is 4.34. The fourth-order valence-corrected chi connectivity index (χ4v) is 4.62. The number of aryl methyl sites for hydroxylation is 1. The third kappa shape index (κ3) is 4.54. The van der Waals surface area contributed by atoms with Crippen molar-refractivity contribution in [2.45, 2.75) is 25.0 Å². The van der Waals surface area contributed by atoms with E-state index in [1.54, 1.807) is 18.2 Å². The molecule has 2 aromatic rings. The molecule has 1 heterocycles. The summed E-state index contributed by atoms with van der Waals surface area (Å²) in [4.78, 5) is 12.2. The number of urea groups is 1. The summed E-state index contributed by atoms with van der Waals surface area (Å²) in [6.45, 7) is 2.11. The minimum absolute atomic E-state index is 0.120. The molecule has 6 nitrogen and oxygen atoms in total. The average molecular weight is 374 g/mol. The van der Waals surface area contributed by atoms with Gasteiger partial charge in [0.25, 0.3) is 0 Å². The predicted molar refractivity (Wildman–Crippen MR) is 102 cm³/mol. The number of benzene rings is 2. The Morgan fingerprint density at radius 1 is 1.15 bits per heavy atom. The van der Waals surface area contributed by atoms with E-state index in [4.69, 9.17) is 4.74 Å². The zero-order valence-corrected chi connectivity index (χ0v) is 15.4. The van der Waals surface area contributed by atoms with Gasteiger partial charge < -0.3 is 15.4 Å². The van der Waals surface area contributed by atoms with Gasteiger partial charge in [-0.3, -0.25) is 0 Å². The minimum atomic E-state index is -3.08. The lowest BCUT2D eigenvalue weighted by Crippen LogP contribution is -2.37. The fourth-order valence-electron chi connectivity index (χ4n) is 2.85. The van der Waals surface area contributed by atoms with Crippen LogP contribution >= 0.6 is 0 Å². The molecule has 1 saturated heterocycles. The van der Waals surface area contributed by atoms with E-state index in [-0.39, 0.29) is 12.3 Å². The Morgan fingerprint density at radius 2 is 1.88 bits per heavy atom. The molecule has 1 atom stereocenters. The molecule has 1 fully saturated rings. The van der Waals surface area contributed by atoms with Gasteiger partial charge >= 0.3 is 6.03 Å². The first kappa shape index (κ1) is 18.3. The second-order valence-electron chi connectivity index (χ2n) is 6.38. The van der Waals surface area contributed by atoms with Crippen molar-refractivity contribution in [3.63, 3.8) is 0 Å². The number of amides is 2. The van der Waals surface area contributed by atoms with Gasteiger partial charge in [0.15, 0.2) is 15.6 Å². The molecule has 0 saturated carbocycles. The average Bonchev–Trinajstić information content (AvgIpc) is 2.95. The van der Waals surface area contributed by atoms with Crippen molar-refractivity contribution < 1.29 is 17.9 Å². The van der Waals surface area contributed by atoms with Crippen LogP contribution in [0.25, 0.3) is 0 Å². The van der Waals surface area contributed by atoms with E-state index in [0.29, 0.717) is 30.0 Å². The third-order valence-corrected chi connectivity index (χ3v) is 6.61. The zero-order valence-electron chi connectivity index (χ0n) is 14.6. The van der Waals surface area contributed by atoms with E-state index >= 15 is 0 Å². The standard InChI is InChI=1S/C19H22N2O4S/c1-14-8-10-15(11-9-14)25-18-7-3-2-6-17(18)21-19(22)20-13-16-5-4-12-26(16,23)24/h2-3,6-11,16H,4-5,12-13H2,1H3,(H2,20,21,22). The van der Waals surface area contributed by atoms with Crippen LogP contribution in [0.4, 0.5) is 10.5 Å². The van der Waals surface area contributed by atoms with E-state index in [1.165, 1.54) is 0 Å². The molecule has 26 heavy (non-hydrogen) atoms. The van der Waals surface area contributed by atoms with Gasteiger partial charge in [-0.25, -0.2) is 13.2 Å². The number of rotatable bonds is 5. The van der Waals surface area contributed by atoms with Crippen molar-refractivity contribution in [2.75, 3.05) is 17.6 Å². The quantitative estimate of drug-likeness (QED) is 0.839. The highest BCUT2D eigenvalue weighted by molar-refractivity contribution is 7.92. The van der Waals surface area contributed by atoms with Crippen molar-refractivity contribution in [3.05, 3.63) is 54.1 Å². The molecule has 0 aromatic heterocycles. The molecule has 0 bridgehead atoms. The number of carbonyl (C=O) groups is 1. The van der Waals surface area contributed by atoms with Crippen LogP contribution in [-0.4, -0.2) is 32.0 Å². The minimum Gasteiger partial charge on any atom is -0.455 e. The maximum Gasteiger partial charge on any atom is 0.319 e. The van der Waals surface area contributed by atoms with Crippen molar-refractivity contribution in [3.8, 4) is 11.5 Å². The molecule has 3 rings (SSSR count). The first-order valence-corrected chi connectivity index (χ1v) is 10.3. The van der Waals surface area contributed by atoms with Crippen molar-refractivity contribution >= 4 is 21.6 Å². The summed E-state index contributed by atoms with van der Waals surface area (Å²) in [5.74, 6) is 1.39. The largest absolute Gasteiger partial charge is 0.455 e. The summed E-state index contributed by atoms with van der Waals surface area (Å²) in [7, 11) is -3.08. The van der Waals surface area contributed by atoms with Gasteiger partial charge in [-0.15, -0.1) is 0 Å². The number of para-hydroxylation sites is 2. The van der Waals surface area contributed by atoms with Crippen molar-refractivity contribution in [1.82, 2.24) is 5.32 Å². The van der Waals surface area contributed by atoms with E-state index in [0.717, 1.165) is 5.56 Å². The van der Waals surface area contributed by atoms with Crippen LogP contribution in [0.3, 0.4) is 0 Å². The second kappa shape index (κ2) is 7.78. The Kier molecular flexibility index (Phi) is 5.46. The second-order valence-corrected chi connectivity index (χ2v) is 8.78. The molecule has 1 aliphatic heterocycles. The summed E-state index contributed by atoms with van der Waals surface area (Å²) >= 11 is 0. The lowest BCUT2D eigenvalue weighted by Gasteiger charge is -2.14. The molecule has 2 N–H and O–H groups in total. The van der Waals surface area contributed by atoms with Crippen molar-refractivity contribution in [2.24, 2.45) is 0 Å². The molecule has 138 valence electrons. The van der Waals surface area contributed by atoms with Crippen LogP contribution in [0.15, 0.2) is 48.5 Å². The van der Waals surface area contributed by atoms with Gasteiger partial charge in [0.05, 0.1) is 16.7 Å². The molecule has 0 radical (unpaired) electrons. The number of ether oxygens (including phenoxy) is 1. The van der Waals surface area contributed by atoms with Crippen LogP contribution in [0.5, 0.6) is 11.5 Å². The fraction of sp³-hybridized carbons (Fsp3) is 0.316. The Morgan fingerprint density at radius 3 is 2.58 bits per heavy atom. The predicted octanol–water partition coefficient (Wildman–Crippen LogP) is 3.49. The molecule has 7 heteroatoms. The molecule has 2 amide bonds. The number of nitrogens with one attached hydrogen (secondary N) is 2. The number of sulfone groups is 1. The number of hydrogen-bond acceptors (Lipinski definition) is 4. The van der Waals surface area contributed by atoms with Crippen LogP contribution < -0.4 is 15.4 Å². The van der Waals surface area contributed by atoms with Gasteiger partial charge in [0.1, 0.15) is 5.75 Å². The molecule has 1 unspecified atom stereocenters. The van der Waals surface area contributed by atoms with Gasteiger partial charge in [-0.2, -0.15) is 0 Å². The highest BCUT2D eigenvalue weighted by atomic mass is 32.2. The summed E-state index contributed by atoms with van der Waals surface area (Å²) in [5, 5.41) is 4.87. The van der Waals surface area contributed by atoms with Crippen molar-refractivity contribution in [1.29, 1.82) is 0 Å². The lowest BCUT2D eigenvalue weighted by molar-refractivity contribution is 0.252. The van der Waals surface area contributed by atoms with E-state index in [1.807, 2.05) is 37.3 Å². The van der Waals surface area contributed by atoms with E-state index in [2.05, 4.69) is 10.6 Å². The Balaban J connectivity index is 1.62. The van der Waals surface area contributed by atoms with E-state index in [9.17, 15) is 13.2 Å². The van der Waals surface area contributed by atoms with Gasteiger partial charge in [0, 0.05) is 6.54 Å². The summed E-state index contributed by atoms with van der Waals surface area (Å²) in [5.41, 5.74) is 1.64. The Hall–Kier alpha value is -2.54. The highest BCUT2D eigenvalue weighted by Gasteiger charge is 2.31. The highest BCUT2D eigenvalue weighted by Crippen LogP contribution is 2.29. The zero-order chi connectivity index (χ0) is 18.6. The van der Waals surface area contributed by atoms with Crippen LogP contribution in [0, 0.1) is 6.92 Å². The SMILES string of the molecule is Cc1ccc(Oc2ccccc2NC(=O)NCC2CCCS2(=O)=O)cc1. The maximum atomic E-state index is 12.2. The molecule has 1 aliphatic rings. The summed E-state index contributed by atoms with van der Waals surface area (Å²) < 4.78 is 29.5. The lowest BCUT2D eigenvalue weighted by atomic mass is 10.2. The van der Waals surface area contributed by atoms with Gasteiger partial charge in [-0.1, -0.05) is 29.8 Å². The smallest absolute Gasteiger partial charge is 0.319 e. The molecule has 2 aromatic carbocycles. The van der Waals surface area contributed by atoms with Crippen LogP contribution in [0.2, 0.25) is 0 Å². The molecule has 0 spiro atoms. The summed E-state index contributed by atoms with van der Waals surface area (Å²) in [6, 6.07) is 14.3.